The molecule has 3 heteroatoms. The van der Waals surface area contributed by atoms with Gasteiger partial charge < -0.3 is 4.90 Å². The number of terminal acetylenes is 1. The first-order valence-electron chi connectivity index (χ1n) is 5.54. The maximum Gasteiger partial charge on any atom is 0.264 e. The minimum Gasteiger partial charge on any atom is -0.327 e. The Labute approximate surface area is 101 Å². The van der Waals surface area contributed by atoms with Gasteiger partial charge in [-0.2, -0.15) is 0 Å². The predicted molar refractivity (Wildman–Crippen MR) is 68.7 cm³/mol. The Morgan fingerprint density at radius 3 is 2.75 bits per heavy atom. The fraction of sp³-hybridized carbons (Fsp3) is 0.462. The lowest BCUT2D eigenvalue weighted by molar-refractivity contribution is 0.0781. The van der Waals surface area contributed by atoms with Gasteiger partial charge in [-0.15, -0.1) is 17.8 Å². The van der Waals surface area contributed by atoms with Crippen LogP contribution in [0.1, 0.15) is 34.8 Å². The molecule has 1 rings (SSSR count). The molecule has 0 aliphatic rings. The van der Waals surface area contributed by atoms with Gasteiger partial charge in [-0.1, -0.05) is 19.8 Å². The van der Waals surface area contributed by atoms with Crippen molar-refractivity contribution in [2.45, 2.75) is 26.7 Å². The van der Waals surface area contributed by atoms with Crippen LogP contribution in [-0.2, 0) is 6.42 Å². The van der Waals surface area contributed by atoms with E-state index in [0.717, 1.165) is 24.3 Å². The second-order valence-electron chi connectivity index (χ2n) is 3.55. The van der Waals surface area contributed by atoms with Crippen molar-refractivity contribution in [1.29, 1.82) is 0 Å². The van der Waals surface area contributed by atoms with E-state index >= 15 is 0 Å². The van der Waals surface area contributed by atoms with Gasteiger partial charge in [0.15, 0.2) is 0 Å². The average Bonchev–Trinajstić information content (AvgIpc) is 2.76. The van der Waals surface area contributed by atoms with E-state index in [1.54, 1.807) is 16.2 Å². The molecule has 0 aliphatic heterocycles. The van der Waals surface area contributed by atoms with Crippen LogP contribution in [0.5, 0.6) is 0 Å². The van der Waals surface area contributed by atoms with E-state index in [0.29, 0.717) is 6.54 Å². The molecule has 0 unspecified atom stereocenters. The van der Waals surface area contributed by atoms with Crippen LogP contribution in [0.4, 0.5) is 0 Å². The van der Waals surface area contributed by atoms with Crippen LogP contribution in [-0.4, -0.2) is 23.9 Å². The van der Waals surface area contributed by atoms with Crippen molar-refractivity contribution >= 4 is 17.2 Å². The normalized spacial score (nSPS) is 9.81. The summed E-state index contributed by atoms with van der Waals surface area (Å²) in [5.41, 5.74) is 0. The summed E-state index contributed by atoms with van der Waals surface area (Å²) in [7, 11) is 0. The Kier molecular flexibility index (Phi) is 5.07. The molecular formula is C13H17NOS. The van der Waals surface area contributed by atoms with Gasteiger partial charge in [0.25, 0.3) is 5.91 Å². The van der Waals surface area contributed by atoms with Gasteiger partial charge in [0.2, 0.25) is 0 Å². The summed E-state index contributed by atoms with van der Waals surface area (Å²) in [6.07, 6.45) is 7.17. The van der Waals surface area contributed by atoms with Crippen molar-refractivity contribution < 1.29 is 4.79 Å². The number of thiophene rings is 1. The van der Waals surface area contributed by atoms with Gasteiger partial charge in [-0.3, -0.25) is 4.79 Å². The van der Waals surface area contributed by atoms with Crippen LogP contribution in [0, 0.1) is 12.3 Å². The van der Waals surface area contributed by atoms with E-state index in [1.807, 2.05) is 19.1 Å². The molecule has 1 aromatic heterocycles. The van der Waals surface area contributed by atoms with Crippen LogP contribution >= 0.6 is 11.3 Å². The second kappa shape index (κ2) is 6.34. The van der Waals surface area contributed by atoms with Gasteiger partial charge in [0, 0.05) is 11.4 Å². The minimum absolute atomic E-state index is 0.0597. The fourth-order valence-corrected chi connectivity index (χ4v) is 2.39. The summed E-state index contributed by atoms with van der Waals surface area (Å²) < 4.78 is 0. The molecule has 0 spiro atoms. The van der Waals surface area contributed by atoms with E-state index in [1.165, 1.54) is 4.88 Å². The third kappa shape index (κ3) is 3.11. The maximum absolute atomic E-state index is 12.1. The molecule has 0 aliphatic carbocycles. The van der Waals surface area contributed by atoms with Crippen molar-refractivity contribution in [3.05, 3.63) is 21.9 Å². The Morgan fingerprint density at radius 2 is 2.25 bits per heavy atom. The third-order valence-electron chi connectivity index (χ3n) is 2.28. The van der Waals surface area contributed by atoms with Gasteiger partial charge >= 0.3 is 0 Å². The van der Waals surface area contributed by atoms with E-state index in [2.05, 4.69) is 12.8 Å². The number of hydrogen-bond donors (Lipinski definition) is 0. The number of aryl methyl sites for hydroxylation is 1. The highest BCUT2D eigenvalue weighted by atomic mass is 32.1. The van der Waals surface area contributed by atoms with Crippen molar-refractivity contribution in [2.24, 2.45) is 0 Å². The molecule has 0 saturated carbocycles. The topological polar surface area (TPSA) is 20.3 Å². The quantitative estimate of drug-likeness (QED) is 0.719. The summed E-state index contributed by atoms with van der Waals surface area (Å²) in [6, 6.07) is 3.91. The van der Waals surface area contributed by atoms with Crippen LogP contribution in [0.25, 0.3) is 0 Å². The lowest BCUT2D eigenvalue weighted by Gasteiger charge is -2.18. The summed E-state index contributed by atoms with van der Waals surface area (Å²) >= 11 is 1.56. The van der Waals surface area contributed by atoms with Crippen LogP contribution in [0.3, 0.4) is 0 Å². The number of hydrogen-bond acceptors (Lipinski definition) is 2. The largest absolute Gasteiger partial charge is 0.327 e. The first-order chi connectivity index (χ1) is 7.72. The Balaban J connectivity index is 2.77. The molecule has 2 nitrogen and oxygen atoms in total. The highest BCUT2D eigenvalue weighted by Gasteiger charge is 2.15. The third-order valence-corrected chi connectivity index (χ3v) is 3.50. The van der Waals surface area contributed by atoms with Crippen molar-refractivity contribution in [1.82, 2.24) is 4.90 Å². The molecule has 0 bridgehead atoms. The second-order valence-corrected chi connectivity index (χ2v) is 4.72. The molecule has 0 radical (unpaired) electrons. The van der Waals surface area contributed by atoms with E-state index in [9.17, 15) is 4.79 Å². The molecule has 1 aromatic rings. The summed E-state index contributed by atoms with van der Waals surface area (Å²) in [5.74, 6) is 2.59. The maximum atomic E-state index is 12.1. The lowest BCUT2D eigenvalue weighted by atomic mass is 10.3. The fourth-order valence-electron chi connectivity index (χ4n) is 1.47. The molecule has 1 heterocycles. The van der Waals surface area contributed by atoms with Gasteiger partial charge in [-0.05, 0) is 25.0 Å². The number of nitrogens with zero attached hydrogens (tertiary/aromatic N) is 1. The average molecular weight is 235 g/mol. The summed E-state index contributed by atoms with van der Waals surface area (Å²) in [4.78, 5) is 15.9. The molecule has 86 valence electrons. The molecule has 0 N–H and O–H groups in total. The van der Waals surface area contributed by atoms with Crippen molar-refractivity contribution in [3.8, 4) is 12.3 Å². The molecule has 0 atom stereocenters. The molecule has 16 heavy (non-hydrogen) atoms. The predicted octanol–water partition coefficient (Wildman–Crippen LogP) is 2.80. The molecular weight excluding hydrogens is 218 g/mol. The number of carbonyl (C=O) groups excluding carboxylic acids is 1. The van der Waals surface area contributed by atoms with Gasteiger partial charge in [-0.25, -0.2) is 0 Å². The Morgan fingerprint density at radius 1 is 1.50 bits per heavy atom. The van der Waals surface area contributed by atoms with Gasteiger partial charge in [0.1, 0.15) is 0 Å². The van der Waals surface area contributed by atoms with E-state index in [4.69, 9.17) is 6.42 Å². The summed E-state index contributed by atoms with van der Waals surface area (Å²) in [6.45, 7) is 5.25. The monoisotopic (exact) mass is 235 g/mol. The molecule has 1 amide bonds. The Bertz CT molecular complexity index is 389. The molecule has 0 fully saturated rings. The van der Waals surface area contributed by atoms with Crippen LogP contribution in [0.2, 0.25) is 0 Å². The minimum atomic E-state index is 0.0597. The van der Waals surface area contributed by atoms with Crippen molar-refractivity contribution in [2.75, 3.05) is 13.1 Å². The summed E-state index contributed by atoms with van der Waals surface area (Å²) in [5, 5.41) is 0. The van der Waals surface area contributed by atoms with Crippen molar-refractivity contribution in [3.63, 3.8) is 0 Å². The standard InChI is InChI=1S/C13H17NOS/c1-4-9-14(10-5-2)13(15)12-8-7-11(6-3)16-12/h1,7-8H,5-6,9-10H2,2-3H3. The number of rotatable bonds is 5. The lowest BCUT2D eigenvalue weighted by Crippen LogP contribution is -2.31. The SMILES string of the molecule is C#CCN(CCC)C(=O)c1ccc(CC)s1. The first kappa shape index (κ1) is 12.8. The first-order valence-corrected chi connectivity index (χ1v) is 6.36. The highest BCUT2D eigenvalue weighted by molar-refractivity contribution is 7.14. The zero-order chi connectivity index (χ0) is 12.0. The highest BCUT2D eigenvalue weighted by Crippen LogP contribution is 2.18. The number of amides is 1. The number of carbonyl (C=O) groups is 1. The van der Waals surface area contributed by atoms with Crippen LogP contribution < -0.4 is 0 Å². The van der Waals surface area contributed by atoms with E-state index < -0.39 is 0 Å². The van der Waals surface area contributed by atoms with Crippen LogP contribution in [0.15, 0.2) is 12.1 Å². The smallest absolute Gasteiger partial charge is 0.264 e. The molecule has 0 aromatic carbocycles. The zero-order valence-corrected chi connectivity index (χ0v) is 10.6. The van der Waals surface area contributed by atoms with Gasteiger partial charge in [0.05, 0.1) is 11.4 Å². The van der Waals surface area contributed by atoms with E-state index in [-0.39, 0.29) is 5.91 Å². The molecule has 0 saturated heterocycles. The Hall–Kier alpha value is -1.27. The zero-order valence-electron chi connectivity index (χ0n) is 9.82.